The first-order chi connectivity index (χ1) is 10.4. The van der Waals surface area contributed by atoms with E-state index in [2.05, 4.69) is 26.8 Å². The van der Waals surface area contributed by atoms with E-state index in [1.165, 1.54) is 11.6 Å². The quantitative estimate of drug-likeness (QED) is 0.161. The summed E-state index contributed by atoms with van der Waals surface area (Å²) in [5, 5.41) is 0. The molecular weight excluding hydrogens is 280 g/mol. The average Bonchev–Trinajstić information content (AvgIpc) is 2.43. The average molecular weight is 308 g/mol. The van der Waals surface area contributed by atoms with Crippen molar-refractivity contribution in [2.45, 2.75) is 47.5 Å². The number of ether oxygens (including phenoxy) is 2. The molecule has 4 nitrogen and oxygen atoms in total. The highest BCUT2D eigenvalue weighted by atomic mass is 16.6. The fourth-order valence-electron chi connectivity index (χ4n) is 1.71. The predicted molar refractivity (Wildman–Crippen MR) is 88.3 cm³/mol. The van der Waals surface area contributed by atoms with Crippen LogP contribution in [0.1, 0.15) is 47.5 Å². The van der Waals surface area contributed by atoms with Crippen LogP contribution < -0.4 is 0 Å². The van der Waals surface area contributed by atoms with E-state index < -0.39 is 11.9 Å². The summed E-state index contributed by atoms with van der Waals surface area (Å²) < 4.78 is 9.74. The molecule has 1 unspecified atom stereocenters. The van der Waals surface area contributed by atoms with Gasteiger partial charge >= 0.3 is 11.9 Å². The highest BCUT2D eigenvalue weighted by Crippen LogP contribution is 2.10. The Kier molecular flexibility index (Phi) is 10.8. The van der Waals surface area contributed by atoms with Gasteiger partial charge in [0.15, 0.2) is 0 Å². The second-order valence-electron chi connectivity index (χ2n) is 5.24. The van der Waals surface area contributed by atoms with Crippen LogP contribution in [0.3, 0.4) is 0 Å². The zero-order chi connectivity index (χ0) is 17.0. The zero-order valence-corrected chi connectivity index (χ0v) is 14.3. The van der Waals surface area contributed by atoms with Crippen LogP contribution in [-0.2, 0) is 19.1 Å². The molecule has 22 heavy (non-hydrogen) atoms. The molecule has 0 bridgehead atoms. The smallest absolute Gasteiger partial charge is 0.345 e. The lowest BCUT2D eigenvalue weighted by molar-refractivity contribution is -0.146. The van der Waals surface area contributed by atoms with E-state index in [4.69, 9.17) is 9.47 Å². The standard InChI is InChI=1S/C18H28O4/c1-6-21-17(19)16(18(20)22-7-2)13-9-12-15(5)11-8-10-14(3)4/h9-10,12-13,15H,6-8,11H2,1-5H3/b12-9+. The van der Waals surface area contributed by atoms with Crippen molar-refractivity contribution < 1.29 is 19.1 Å². The van der Waals surface area contributed by atoms with Gasteiger partial charge in [0.1, 0.15) is 5.57 Å². The maximum atomic E-state index is 11.7. The van der Waals surface area contributed by atoms with Crippen LogP contribution in [0.15, 0.2) is 35.5 Å². The summed E-state index contributed by atoms with van der Waals surface area (Å²) in [5.41, 5.74) is 1.24. The van der Waals surface area contributed by atoms with Crippen molar-refractivity contribution in [3.05, 3.63) is 35.5 Å². The second-order valence-corrected chi connectivity index (χ2v) is 5.24. The first-order valence-electron chi connectivity index (χ1n) is 7.78. The van der Waals surface area contributed by atoms with Gasteiger partial charge in [-0.3, -0.25) is 0 Å². The molecule has 0 heterocycles. The van der Waals surface area contributed by atoms with E-state index in [9.17, 15) is 9.59 Å². The van der Waals surface area contributed by atoms with E-state index in [1.807, 2.05) is 6.08 Å². The fourth-order valence-corrected chi connectivity index (χ4v) is 1.71. The first kappa shape index (κ1) is 20.2. The minimum absolute atomic E-state index is 0.0727. The number of esters is 2. The molecule has 124 valence electrons. The Bertz CT molecular complexity index is 420. The molecule has 0 N–H and O–H groups in total. The third-order valence-electron chi connectivity index (χ3n) is 2.87. The van der Waals surface area contributed by atoms with Gasteiger partial charge in [0, 0.05) is 0 Å². The molecule has 0 saturated heterocycles. The molecule has 0 aromatic heterocycles. The summed E-state index contributed by atoms with van der Waals surface area (Å²) in [6.45, 7) is 10.1. The normalized spacial score (nSPS) is 11.7. The molecule has 1 atom stereocenters. The molecule has 0 aromatic carbocycles. The SMILES string of the molecule is CCOC(=O)C(=C/C=C/C(C)CCC=C(C)C)C(=O)OCC. The van der Waals surface area contributed by atoms with Crippen molar-refractivity contribution in [2.24, 2.45) is 5.92 Å². The van der Waals surface area contributed by atoms with Crippen molar-refractivity contribution in [1.82, 2.24) is 0 Å². The molecule has 0 fully saturated rings. The van der Waals surface area contributed by atoms with Gasteiger partial charge in [-0.25, -0.2) is 9.59 Å². The van der Waals surface area contributed by atoms with Gasteiger partial charge in [-0.15, -0.1) is 0 Å². The lowest BCUT2D eigenvalue weighted by atomic mass is 10.0. The van der Waals surface area contributed by atoms with Gasteiger partial charge in [0.05, 0.1) is 13.2 Å². The van der Waals surface area contributed by atoms with Crippen LogP contribution in [-0.4, -0.2) is 25.2 Å². The fraction of sp³-hybridized carbons (Fsp3) is 0.556. The molecule has 0 saturated carbocycles. The molecule has 0 amide bonds. The van der Waals surface area contributed by atoms with Crippen LogP contribution in [0.25, 0.3) is 0 Å². The first-order valence-corrected chi connectivity index (χ1v) is 7.78. The van der Waals surface area contributed by atoms with Gasteiger partial charge in [-0.05, 0) is 52.5 Å². The number of carbonyl (C=O) groups excluding carboxylic acids is 2. The highest BCUT2D eigenvalue weighted by Gasteiger charge is 2.19. The second kappa shape index (κ2) is 11.8. The van der Waals surface area contributed by atoms with Gasteiger partial charge in [0.2, 0.25) is 0 Å². The Morgan fingerprint density at radius 2 is 1.59 bits per heavy atom. The largest absolute Gasteiger partial charge is 0.462 e. The number of rotatable bonds is 9. The molecule has 0 radical (unpaired) electrons. The van der Waals surface area contributed by atoms with Crippen molar-refractivity contribution in [3.63, 3.8) is 0 Å². The van der Waals surface area contributed by atoms with Gasteiger partial charge in [-0.1, -0.05) is 30.7 Å². The van der Waals surface area contributed by atoms with Gasteiger partial charge in [0.25, 0.3) is 0 Å². The molecule has 0 aromatic rings. The third kappa shape index (κ3) is 9.16. The van der Waals surface area contributed by atoms with Crippen LogP contribution in [0, 0.1) is 5.92 Å². The highest BCUT2D eigenvalue weighted by molar-refractivity contribution is 6.14. The summed E-state index contributed by atoms with van der Waals surface area (Å²) in [5.74, 6) is -0.942. The van der Waals surface area contributed by atoms with E-state index in [0.717, 1.165) is 12.8 Å². The minimum Gasteiger partial charge on any atom is -0.462 e. The Morgan fingerprint density at radius 1 is 1.05 bits per heavy atom. The Balaban J connectivity index is 4.75. The van der Waals surface area contributed by atoms with Crippen molar-refractivity contribution in [2.75, 3.05) is 13.2 Å². The molecule has 0 aliphatic rings. The zero-order valence-electron chi connectivity index (χ0n) is 14.3. The third-order valence-corrected chi connectivity index (χ3v) is 2.87. The Labute approximate surface area is 133 Å². The molecule has 0 aliphatic carbocycles. The van der Waals surface area contributed by atoms with Crippen molar-refractivity contribution in [1.29, 1.82) is 0 Å². The van der Waals surface area contributed by atoms with E-state index in [0.29, 0.717) is 5.92 Å². The molecular formula is C18H28O4. The van der Waals surface area contributed by atoms with Gasteiger partial charge < -0.3 is 9.47 Å². The topological polar surface area (TPSA) is 52.6 Å². The number of hydrogen-bond donors (Lipinski definition) is 0. The van der Waals surface area contributed by atoms with Crippen LogP contribution in [0.5, 0.6) is 0 Å². The van der Waals surface area contributed by atoms with Crippen LogP contribution in [0.4, 0.5) is 0 Å². The maximum Gasteiger partial charge on any atom is 0.345 e. The number of hydrogen-bond acceptors (Lipinski definition) is 4. The van der Waals surface area contributed by atoms with Crippen molar-refractivity contribution in [3.8, 4) is 0 Å². The van der Waals surface area contributed by atoms with E-state index in [1.54, 1.807) is 19.9 Å². The Morgan fingerprint density at radius 3 is 2.05 bits per heavy atom. The molecule has 4 heteroatoms. The van der Waals surface area contributed by atoms with Crippen LogP contribution in [0.2, 0.25) is 0 Å². The van der Waals surface area contributed by atoms with Crippen molar-refractivity contribution >= 4 is 11.9 Å². The minimum atomic E-state index is -0.650. The lowest BCUT2D eigenvalue weighted by Gasteiger charge is -2.06. The summed E-state index contributed by atoms with van der Waals surface area (Å²) in [6.07, 6.45) is 9.38. The molecule has 0 spiro atoms. The monoisotopic (exact) mass is 308 g/mol. The van der Waals surface area contributed by atoms with Crippen LogP contribution >= 0.6 is 0 Å². The summed E-state index contributed by atoms with van der Waals surface area (Å²) in [6, 6.07) is 0. The maximum absolute atomic E-state index is 11.7. The number of carbonyl (C=O) groups is 2. The summed E-state index contributed by atoms with van der Waals surface area (Å²) in [4.78, 5) is 23.5. The number of allylic oxidation sites excluding steroid dienone is 5. The molecule has 0 aliphatic heterocycles. The van der Waals surface area contributed by atoms with Gasteiger partial charge in [-0.2, -0.15) is 0 Å². The van der Waals surface area contributed by atoms with E-state index >= 15 is 0 Å². The van der Waals surface area contributed by atoms with E-state index in [-0.39, 0.29) is 18.8 Å². The Hall–Kier alpha value is -1.84. The predicted octanol–water partition coefficient (Wildman–Crippen LogP) is 3.98. The summed E-state index contributed by atoms with van der Waals surface area (Å²) >= 11 is 0. The lowest BCUT2D eigenvalue weighted by Crippen LogP contribution is -2.18. The molecule has 0 rings (SSSR count). The summed E-state index contributed by atoms with van der Waals surface area (Å²) in [7, 11) is 0.